The smallest absolute Gasteiger partial charge is 0.248 e. The molecule has 0 spiro atoms. The summed E-state index contributed by atoms with van der Waals surface area (Å²) in [6, 6.07) is 33.2. The molecule has 52 heavy (non-hydrogen) atoms. The van der Waals surface area contributed by atoms with E-state index in [0.717, 1.165) is 33.6 Å². The molecule has 10 nitrogen and oxygen atoms in total. The summed E-state index contributed by atoms with van der Waals surface area (Å²) in [5, 5.41) is 7.53. The Morgan fingerprint density at radius 1 is 0.519 bits per heavy atom. The Hall–Kier alpha value is -5.64. The molecule has 6 aliphatic heterocycles. The average Bonchev–Trinajstić information content (AvgIpc) is 3.88. The topological polar surface area (TPSA) is 105 Å². The van der Waals surface area contributed by atoms with Gasteiger partial charge in [-0.3, -0.25) is 19.2 Å². The van der Waals surface area contributed by atoms with Gasteiger partial charge >= 0.3 is 0 Å². The first kappa shape index (κ1) is 31.1. The van der Waals surface area contributed by atoms with Crippen molar-refractivity contribution in [3.8, 4) is 0 Å². The summed E-state index contributed by atoms with van der Waals surface area (Å²) in [5.74, 6) is -0.376. The van der Waals surface area contributed by atoms with Gasteiger partial charge in [-0.2, -0.15) is 0 Å². The molecule has 0 bridgehead atoms. The number of nitrogens with zero attached hydrogens (tertiary/aromatic N) is 4. The molecule has 8 atom stereocenters. The van der Waals surface area contributed by atoms with E-state index in [9.17, 15) is 19.2 Å². The summed E-state index contributed by atoms with van der Waals surface area (Å²) in [5.41, 5.74) is 4.07. The minimum Gasteiger partial charge on any atom is -0.364 e. The normalized spacial score (nSPS) is 32.5. The maximum absolute atomic E-state index is 14.9. The highest BCUT2D eigenvalue weighted by Gasteiger charge is 2.78. The number of benzene rings is 4. The van der Waals surface area contributed by atoms with Crippen molar-refractivity contribution in [1.82, 2.24) is 19.6 Å². The van der Waals surface area contributed by atoms with Crippen LogP contribution in [0.25, 0.3) is 0 Å². The van der Waals surface area contributed by atoms with Gasteiger partial charge in [-0.05, 0) is 47.2 Å². The Balaban J connectivity index is 1.14. The quantitative estimate of drug-likeness (QED) is 0.331. The molecule has 0 saturated carbocycles. The number of likely N-dealkylation sites (N-methyl/N-ethyl adjacent to an activating group) is 2. The number of hydrogen-bond acceptors (Lipinski definition) is 6. The predicted molar refractivity (Wildman–Crippen MR) is 195 cm³/mol. The van der Waals surface area contributed by atoms with Gasteiger partial charge in [0, 0.05) is 38.3 Å². The first-order valence-electron chi connectivity index (χ1n) is 18.2. The lowest BCUT2D eigenvalue weighted by atomic mass is 9.54. The molecule has 0 unspecified atom stereocenters. The average molecular weight is 693 g/mol. The number of rotatable bonds is 5. The predicted octanol–water partition coefficient (Wildman–Crippen LogP) is 3.73. The van der Waals surface area contributed by atoms with Gasteiger partial charge in [0.1, 0.15) is 36.5 Å². The van der Waals surface area contributed by atoms with Crippen molar-refractivity contribution in [2.45, 2.75) is 73.0 Å². The molecule has 262 valence electrons. The van der Waals surface area contributed by atoms with E-state index in [1.165, 1.54) is 0 Å². The van der Waals surface area contributed by atoms with E-state index in [-0.39, 0.29) is 23.6 Å². The number of piperazine rings is 2. The van der Waals surface area contributed by atoms with Gasteiger partial charge in [-0.15, -0.1) is 0 Å². The largest absolute Gasteiger partial charge is 0.364 e. The Bertz CT molecular complexity index is 2010. The molecular formula is C42H40N6O4. The van der Waals surface area contributed by atoms with Crippen LogP contribution in [-0.4, -0.2) is 93.8 Å². The molecular weight excluding hydrogens is 652 g/mol. The lowest BCUT2D eigenvalue weighted by Crippen LogP contribution is -2.67. The van der Waals surface area contributed by atoms with E-state index in [2.05, 4.69) is 22.8 Å². The van der Waals surface area contributed by atoms with Crippen LogP contribution in [-0.2, 0) is 42.8 Å². The number of carbonyl (C=O) groups excluding carboxylic acids is 4. The zero-order chi connectivity index (χ0) is 35.5. The first-order valence-corrected chi connectivity index (χ1v) is 18.2. The van der Waals surface area contributed by atoms with Crippen molar-refractivity contribution in [2.24, 2.45) is 0 Å². The number of carbonyl (C=O) groups is 4. The molecule has 0 aliphatic carbocycles. The third-order valence-corrected chi connectivity index (χ3v) is 13.2. The van der Waals surface area contributed by atoms with Crippen molar-refractivity contribution < 1.29 is 19.2 Å². The Labute approximate surface area is 302 Å². The van der Waals surface area contributed by atoms with E-state index in [1.54, 1.807) is 23.9 Å². The van der Waals surface area contributed by atoms with Gasteiger partial charge in [-0.25, -0.2) is 0 Å². The van der Waals surface area contributed by atoms with Crippen LogP contribution >= 0.6 is 0 Å². The van der Waals surface area contributed by atoms with Crippen molar-refractivity contribution in [3.05, 3.63) is 131 Å². The molecule has 4 fully saturated rings. The van der Waals surface area contributed by atoms with Crippen LogP contribution < -0.4 is 10.6 Å². The van der Waals surface area contributed by atoms with Gasteiger partial charge in [0.2, 0.25) is 23.6 Å². The molecule has 0 radical (unpaired) electrons. The van der Waals surface area contributed by atoms with Crippen molar-refractivity contribution in [2.75, 3.05) is 24.7 Å². The third kappa shape index (κ3) is 3.84. The van der Waals surface area contributed by atoms with Crippen LogP contribution in [0.5, 0.6) is 0 Å². The highest BCUT2D eigenvalue weighted by atomic mass is 16.2. The van der Waals surface area contributed by atoms with E-state index in [0.29, 0.717) is 25.7 Å². The fourth-order valence-electron chi connectivity index (χ4n) is 10.9. The number of para-hydroxylation sites is 2. The summed E-state index contributed by atoms with van der Waals surface area (Å²) in [4.78, 5) is 65.9. The lowest BCUT2D eigenvalue weighted by molar-refractivity contribution is -0.159. The van der Waals surface area contributed by atoms with E-state index in [4.69, 9.17) is 0 Å². The van der Waals surface area contributed by atoms with Gasteiger partial charge in [-0.1, -0.05) is 97.1 Å². The number of anilines is 2. The van der Waals surface area contributed by atoms with Crippen molar-refractivity contribution in [3.63, 3.8) is 0 Å². The van der Waals surface area contributed by atoms with Gasteiger partial charge < -0.3 is 30.2 Å². The van der Waals surface area contributed by atoms with E-state index in [1.807, 2.05) is 107 Å². The maximum atomic E-state index is 14.9. The fourth-order valence-corrected chi connectivity index (χ4v) is 10.9. The fraction of sp³-hybridized carbons (Fsp3) is 0.333. The third-order valence-electron chi connectivity index (χ3n) is 13.2. The van der Waals surface area contributed by atoms with Gasteiger partial charge in [0.25, 0.3) is 0 Å². The van der Waals surface area contributed by atoms with E-state index >= 15 is 0 Å². The second kappa shape index (κ2) is 10.9. The number of fused-ring (bicyclic) bond motifs is 11. The van der Waals surface area contributed by atoms with Crippen LogP contribution in [0.3, 0.4) is 0 Å². The minimum atomic E-state index is -0.863. The van der Waals surface area contributed by atoms with E-state index < -0.39 is 47.3 Å². The number of nitrogens with one attached hydrogen (secondary N) is 2. The maximum Gasteiger partial charge on any atom is 0.248 e. The molecule has 2 N–H and O–H groups in total. The van der Waals surface area contributed by atoms with Crippen LogP contribution in [0.1, 0.15) is 35.1 Å². The Morgan fingerprint density at radius 2 is 0.885 bits per heavy atom. The van der Waals surface area contributed by atoms with Crippen LogP contribution in [0.15, 0.2) is 109 Å². The monoisotopic (exact) mass is 692 g/mol. The summed E-state index contributed by atoms with van der Waals surface area (Å²) in [6.45, 7) is 0. The van der Waals surface area contributed by atoms with Crippen molar-refractivity contribution in [1.29, 1.82) is 0 Å². The van der Waals surface area contributed by atoms with Crippen LogP contribution in [0.4, 0.5) is 11.4 Å². The summed E-state index contributed by atoms with van der Waals surface area (Å²) >= 11 is 0. The van der Waals surface area contributed by atoms with Crippen LogP contribution in [0, 0.1) is 0 Å². The Morgan fingerprint density at radius 3 is 1.29 bits per heavy atom. The highest BCUT2D eigenvalue weighted by molar-refractivity contribution is 6.01. The zero-order valence-corrected chi connectivity index (χ0v) is 29.1. The summed E-state index contributed by atoms with van der Waals surface area (Å²) in [7, 11) is 3.49. The molecule has 6 heterocycles. The number of amides is 4. The highest BCUT2D eigenvalue weighted by Crippen LogP contribution is 2.69. The minimum absolute atomic E-state index is 0.0914. The first-order chi connectivity index (χ1) is 25.3. The Kier molecular flexibility index (Phi) is 6.54. The molecule has 4 amide bonds. The molecule has 4 aromatic rings. The molecule has 0 aromatic heterocycles. The van der Waals surface area contributed by atoms with Crippen LogP contribution in [0.2, 0.25) is 0 Å². The zero-order valence-electron chi connectivity index (χ0n) is 29.1. The second-order valence-corrected chi connectivity index (χ2v) is 15.4. The van der Waals surface area contributed by atoms with Crippen molar-refractivity contribution >= 4 is 35.0 Å². The molecule has 4 aromatic carbocycles. The summed E-state index contributed by atoms with van der Waals surface area (Å²) in [6.07, 6.45) is 0.352. The molecule has 10 heteroatoms. The number of hydrogen-bond donors (Lipinski definition) is 2. The molecule has 10 rings (SSSR count). The van der Waals surface area contributed by atoms with Gasteiger partial charge in [0.15, 0.2) is 0 Å². The summed E-state index contributed by atoms with van der Waals surface area (Å²) < 4.78 is 0. The lowest BCUT2D eigenvalue weighted by Gasteiger charge is -2.48. The standard InChI is InChI=1S/C42H40N6O4/c1-45-31(21-25-13-5-3-6-14-25)37(51)47-33(35(45)49)23-41(27-17-9-11-19-29(27)43-39(41)47)42-24-34-36(50)46(2)32(22-26-15-7-4-8-16-26)38(52)48(34)40(42)44-30-20-12-10-18-28(30)42/h3-20,31-34,39-40,43-44H,21-24H2,1-2H3/t31-,32+,33-,34+,39-,40+,41-,42-/m1/s1. The SMILES string of the molecule is CN1C(=O)[C@H]2C[C@@]3([C@@]45C[C@H]6C(=O)N(C)[C@@H](Cc7ccccc7)C(=O)N6[C@@H]4Nc4ccccc45)c4ccccc4N[C@@H]3N2C(=O)[C@H]1Cc1ccccc1. The second-order valence-electron chi connectivity index (χ2n) is 15.4. The van der Waals surface area contributed by atoms with Gasteiger partial charge in [0.05, 0.1) is 10.8 Å². The molecule has 6 aliphatic rings. The molecule has 4 saturated heterocycles.